The Hall–Kier alpha value is -3.19. The van der Waals surface area contributed by atoms with E-state index in [1.807, 2.05) is 24.3 Å². The summed E-state index contributed by atoms with van der Waals surface area (Å²) in [4.78, 5) is 13.2. The first-order valence-corrected chi connectivity index (χ1v) is 9.48. The minimum Gasteiger partial charge on any atom is -0.393 e. The molecule has 27 heavy (non-hydrogen) atoms. The number of nitrogens with two attached hydrogens (primary N) is 1. The van der Waals surface area contributed by atoms with Gasteiger partial charge in [0.2, 0.25) is 0 Å². The molecular formula is C20H20N6S. The molecule has 1 unspecified atom stereocenters. The van der Waals surface area contributed by atoms with Crippen molar-refractivity contribution >= 4 is 44.0 Å². The fourth-order valence-electron chi connectivity index (χ4n) is 2.88. The van der Waals surface area contributed by atoms with Gasteiger partial charge in [0.1, 0.15) is 12.0 Å². The van der Waals surface area contributed by atoms with Crippen LogP contribution >= 0.6 is 11.3 Å². The fraction of sp³-hybridized carbons (Fsp3) is 0.150. The lowest BCUT2D eigenvalue weighted by molar-refractivity contribution is 0.873. The van der Waals surface area contributed by atoms with Crippen LogP contribution in [0.25, 0.3) is 10.2 Å². The van der Waals surface area contributed by atoms with Crippen molar-refractivity contribution in [1.29, 1.82) is 0 Å². The molecule has 4 aromatic rings. The topological polar surface area (TPSA) is 88.8 Å². The molecule has 0 aliphatic heterocycles. The van der Waals surface area contributed by atoms with Gasteiger partial charge in [0.15, 0.2) is 16.8 Å². The smallest absolute Gasteiger partial charge is 0.189 e. The SMILES string of the molecule is Cc1cccc2sc(Nc3ncnc(NC(C)c4ccccc4)c3N)nc12. The largest absolute Gasteiger partial charge is 0.393 e. The van der Waals surface area contributed by atoms with Crippen LogP contribution in [0.5, 0.6) is 0 Å². The maximum Gasteiger partial charge on any atom is 0.189 e. The molecule has 0 saturated carbocycles. The molecule has 2 aromatic carbocycles. The van der Waals surface area contributed by atoms with Gasteiger partial charge in [0.25, 0.3) is 0 Å². The van der Waals surface area contributed by atoms with Crippen LogP contribution in [0.4, 0.5) is 22.5 Å². The molecule has 0 aliphatic carbocycles. The highest BCUT2D eigenvalue weighted by molar-refractivity contribution is 7.22. The van der Waals surface area contributed by atoms with Crippen LogP contribution in [0.3, 0.4) is 0 Å². The molecule has 0 saturated heterocycles. The van der Waals surface area contributed by atoms with E-state index >= 15 is 0 Å². The maximum atomic E-state index is 6.31. The molecule has 2 heterocycles. The first-order valence-electron chi connectivity index (χ1n) is 8.67. The maximum absolute atomic E-state index is 6.31. The molecular weight excluding hydrogens is 356 g/mol. The van der Waals surface area contributed by atoms with Gasteiger partial charge < -0.3 is 16.4 Å². The number of nitrogens with zero attached hydrogens (tertiary/aromatic N) is 3. The second kappa shape index (κ2) is 7.20. The van der Waals surface area contributed by atoms with Crippen LogP contribution in [0.15, 0.2) is 54.9 Å². The third-order valence-corrected chi connectivity index (χ3v) is 5.32. The quantitative estimate of drug-likeness (QED) is 0.459. The van der Waals surface area contributed by atoms with Crippen molar-refractivity contribution < 1.29 is 0 Å². The molecule has 0 bridgehead atoms. The minimum atomic E-state index is 0.0707. The second-order valence-electron chi connectivity index (χ2n) is 6.33. The number of hydrogen-bond donors (Lipinski definition) is 3. The first-order chi connectivity index (χ1) is 13.1. The van der Waals surface area contributed by atoms with Crippen LogP contribution in [0.2, 0.25) is 0 Å². The van der Waals surface area contributed by atoms with Crippen LogP contribution in [0.1, 0.15) is 24.1 Å². The predicted octanol–water partition coefficient (Wildman–Crippen LogP) is 4.89. The summed E-state index contributed by atoms with van der Waals surface area (Å²) < 4.78 is 1.13. The number of thiazole rings is 1. The zero-order chi connectivity index (χ0) is 18.8. The van der Waals surface area contributed by atoms with E-state index in [1.165, 1.54) is 6.33 Å². The highest BCUT2D eigenvalue weighted by atomic mass is 32.1. The summed E-state index contributed by atoms with van der Waals surface area (Å²) >= 11 is 1.57. The van der Waals surface area contributed by atoms with E-state index in [9.17, 15) is 0 Å². The monoisotopic (exact) mass is 376 g/mol. The average molecular weight is 376 g/mol. The van der Waals surface area contributed by atoms with Crippen molar-refractivity contribution in [2.75, 3.05) is 16.4 Å². The number of para-hydroxylation sites is 1. The standard InChI is InChI=1S/C20H20N6S/c1-12-7-6-10-15-17(12)25-20(27-15)26-19-16(21)18(22-11-23-19)24-13(2)14-8-4-3-5-9-14/h3-11,13H,21H2,1-2H3,(H2,22,23,24,25,26). The summed E-state index contributed by atoms with van der Waals surface area (Å²) in [6.45, 7) is 4.12. The van der Waals surface area contributed by atoms with Crippen LogP contribution in [-0.2, 0) is 0 Å². The van der Waals surface area contributed by atoms with E-state index in [0.29, 0.717) is 17.3 Å². The fourth-order valence-corrected chi connectivity index (χ4v) is 3.82. The molecule has 4 rings (SSSR count). The van der Waals surface area contributed by atoms with Gasteiger partial charge in [-0.2, -0.15) is 0 Å². The highest BCUT2D eigenvalue weighted by Crippen LogP contribution is 2.33. The number of fused-ring (bicyclic) bond motifs is 1. The van der Waals surface area contributed by atoms with Crippen molar-refractivity contribution in [2.24, 2.45) is 0 Å². The summed E-state index contributed by atoms with van der Waals surface area (Å²) in [5, 5.41) is 7.35. The van der Waals surface area contributed by atoms with E-state index in [0.717, 1.165) is 26.5 Å². The van der Waals surface area contributed by atoms with Gasteiger partial charge >= 0.3 is 0 Å². The summed E-state index contributed by atoms with van der Waals surface area (Å²) in [6.07, 6.45) is 1.50. The lowest BCUT2D eigenvalue weighted by Gasteiger charge is -2.17. The van der Waals surface area contributed by atoms with Gasteiger partial charge in [-0.25, -0.2) is 15.0 Å². The van der Waals surface area contributed by atoms with Gasteiger partial charge in [-0.3, -0.25) is 0 Å². The summed E-state index contributed by atoms with van der Waals surface area (Å²) in [6, 6.07) is 16.4. The highest BCUT2D eigenvalue weighted by Gasteiger charge is 2.14. The molecule has 4 N–H and O–H groups in total. The Morgan fingerprint density at radius 3 is 2.56 bits per heavy atom. The van der Waals surface area contributed by atoms with E-state index in [4.69, 9.17) is 5.73 Å². The van der Waals surface area contributed by atoms with Gasteiger partial charge in [-0.1, -0.05) is 53.8 Å². The van der Waals surface area contributed by atoms with Crippen molar-refractivity contribution in [3.8, 4) is 0 Å². The number of rotatable bonds is 5. The Balaban J connectivity index is 1.58. The molecule has 136 valence electrons. The molecule has 6 nitrogen and oxygen atoms in total. The Labute approximate surface area is 161 Å². The molecule has 0 radical (unpaired) electrons. The normalized spacial score (nSPS) is 12.1. The number of benzene rings is 2. The first kappa shape index (κ1) is 17.2. The Bertz CT molecular complexity index is 1080. The Kier molecular flexibility index (Phi) is 4.60. The molecule has 0 aliphatic rings. The molecule has 0 spiro atoms. The Morgan fingerprint density at radius 1 is 1.00 bits per heavy atom. The molecule has 1 atom stereocenters. The van der Waals surface area contributed by atoms with E-state index in [2.05, 4.69) is 63.7 Å². The van der Waals surface area contributed by atoms with Gasteiger partial charge in [-0.15, -0.1) is 0 Å². The van der Waals surface area contributed by atoms with Crippen LogP contribution in [0, 0.1) is 6.92 Å². The number of aromatic nitrogens is 3. The second-order valence-corrected chi connectivity index (χ2v) is 7.36. The summed E-state index contributed by atoms with van der Waals surface area (Å²) in [7, 11) is 0. The molecule has 0 amide bonds. The van der Waals surface area contributed by atoms with Crippen LogP contribution in [-0.4, -0.2) is 15.0 Å². The number of anilines is 4. The summed E-state index contributed by atoms with van der Waals surface area (Å²) in [5.74, 6) is 1.14. The zero-order valence-electron chi connectivity index (χ0n) is 15.1. The van der Waals surface area contributed by atoms with Crippen molar-refractivity contribution in [3.63, 3.8) is 0 Å². The predicted molar refractivity (Wildman–Crippen MR) is 113 cm³/mol. The third kappa shape index (κ3) is 3.54. The van der Waals surface area contributed by atoms with Crippen molar-refractivity contribution in [2.45, 2.75) is 19.9 Å². The van der Waals surface area contributed by atoms with E-state index < -0.39 is 0 Å². The number of nitrogens with one attached hydrogen (secondary N) is 2. The lowest BCUT2D eigenvalue weighted by atomic mass is 10.1. The third-order valence-electron chi connectivity index (χ3n) is 4.38. The van der Waals surface area contributed by atoms with Gasteiger partial charge in [-0.05, 0) is 31.0 Å². The molecule has 2 aromatic heterocycles. The number of hydrogen-bond acceptors (Lipinski definition) is 7. The van der Waals surface area contributed by atoms with Crippen molar-refractivity contribution in [3.05, 3.63) is 66.0 Å². The zero-order valence-corrected chi connectivity index (χ0v) is 15.9. The minimum absolute atomic E-state index is 0.0707. The Morgan fingerprint density at radius 2 is 1.78 bits per heavy atom. The number of nitrogen functional groups attached to an aromatic ring is 1. The van der Waals surface area contributed by atoms with E-state index in [-0.39, 0.29) is 6.04 Å². The van der Waals surface area contributed by atoms with E-state index in [1.54, 1.807) is 11.3 Å². The van der Waals surface area contributed by atoms with Gasteiger partial charge in [0.05, 0.1) is 16.3 Å². The van der Waals surface area contributed by atoms with Crippen LogP contribution < -0.4 is 16.4 Å². The average Bonchev–Trinajstić information content (AvgIpc) is 3.10. The van der Waals surface area contributed by atoms with Crippen molar-refractivity contribution in [1.82, 2.24) is 15.0 Å². The van der Waals surface area contributed by atoms with Gasteiger partial charge in [0, 0.05) is 0 Å². The molecule has 7 heteroatoms. The molecule has 0 fully saturated rings. The lowest BCUT2D eigenvalue weighted by Crippen LogP contribution is -2.11. The summed E-state index contributed by atoms with van der Waals surface area (Å²) in [5.41, 5.74) is 10.1. The number of aryl methyl sites for hydroxylation is 1.